The maximum atomic E-state index is 13.4. The number of nitrogens with zero attached hydrogens (tertiary/aromatic N) is 2. The van der Waals surface area contributed by atoms with Crippen LogP contribution in [0, 0.1) is 11.6 Å². The molecule has 1 aromatic carbocycles. The van der Waals surface area contributed by atoms with Gasteiger partial charge in [-0.15, -0.1) is 0 Å². The molecule has 1 atom stereocenters. The summed E-state index contributed by atoms with van der Waals surface area (Å²) in [5.74, 6) is -1.71. The van der Waals surface area contributed by atoms with Crippen molar-refractivity contribution in [2.24, 2.45) is 0 Å². The number of nitrogens with one attached hydrogen (secondary N) is 1. The second-order valence-corrected chi connectivity index (χ2v) is 4.88. The van der Waals surface area contributed by atoms with Gasteiger partial charge in [0.15, 0.2) is 11.6 Å². The summed E-state index contributed by atoms with van der Waals surface area (Å²) in [5, 5.41) is 12.7. The van der Waals surface area contributed by atoms with Gasteiger partial charge in [-0.2, -0.15) is 4.98 Å². The van der Waals surface area contributed by atoms with Crippen LogP contribution in [0.2, 0.25) is 0 Å². The van der Waals surface area contributed by atoms with Gasteiger partial charge in [-0.3, -0.25) is 0 Å². The molecule has 7 heteroatoms. The van der Waals surface area contributed by atoms with Gasteiger partial charge in [0.25, 0.3) is 0 Å². The zero-order chi connectivity index (χ0) is 15.4. The SMILES string of the molecule is CCCCC(CO)Nc1nc(N)nc2cc(F)c(F)cc12. The van der Waals surface area contributed by atoms with E-state index in [0.29, 0.717) is 11.2 Å². The molecular weight excluding hydrogens is 278 g/mol. The second-order valence-electron chi connectivity index (χ2n) is 4.88. The van der Waals surface area contributed by atoms with E-state index in [0.717, 1.165) is 31.4 Å². The summed E-state index contributed by atoms with van der Waals surface area (Å²) in [5.41, 5.74) is 5.81. The highest BCUT2D eigenvalue weighted by Crippen LogP contribution is 2.25. The summed E-state index contributed by atoms with van der Waals surface area (Å²) in [7, 11) is 0. The Labute approximate surface area is 121 Å². The summed E-state index contributed by atoms with van der Waals surface area (Å²) in [6.45, 7) is 1.96. The van der Waals surface area contributed by atoms with Crippen molar-refractivity contribution in [3.05, 3.63) is 23.8 Å². The molecule has 0 bridgehead atoms. The van der Waals surface area contributed by atoms with Crippen LogP contribution in [0.1, 0.15) is 26.2 Å². The first-order chi connectivity index (χ1) is 10.0. The predicted molar refractivity (Wildman–Crippen MR) is 77.9 cm³/mol. The van der Waals surface area contributed by atoms with Gasteiger partial charge in [0.05, 0.1) is 18.2 Å². The topological polar surface area (TPSA) is 84.1 Å². The van der Waals surface area contributed by atoms with E-state index >= 15 is 0 Å². The lowest BCUT2D eigenvalue weighted by Gasteiger charge is -2.18. The molecule has 0 aliphatic heterocycles. The third-order valence-corrected chi connectivity index (χ3v) is 3.22. The van der Waals surface area contributed by atoms with Gasteiger partial charge in [0.1, 0.15) is 5.82 Å². The number of hydrogen-bond donors (Lipinski definition) is 3. The minimum absolute atomic E-state index is 0.0387. The van der Waals surface area contributed by atoms with Crippen molar-refractivity contribution in [1.29, 1.82) is 0 Å². The van der Waals surface area contributed by atoms with Gasteiger partial charge in [-0.1, -0.05) is 19.8 Å². The molecule has 0 spiro atoms. The van der Waals surface area contributed by atoms with Crippen molar-refractivity contribution in [2.75, 3.05) is 17.7 Å². The van der Waals surface area contributed by atoms with E-state index in [2.05, 4.69) is 15.3 Å². The second kappa shape index (κ2) is 6.62. The number of unbranched alkanes of at least 4 members (excludes halogenated alkanes) is 1. The van der Waals surface area contributed by atoms with Crippen LogP contribution in [0.4, 0.5) is 20.5 Å². The van der Waals surface area contributed by atoms with Crippen LogP contribution < -0.4 is 11.1 Å². The largest absolute Gasteiger partial charge is 0.394 e. The average Bonchev–Trinajstić information content (AvgIpc) is 2.45. The number of nitrogens with two attached hydrogens (primary N) is 1. The summed E-state index contributed by atoms with van der Waals surface area (Å²) in [4.78, 5) is 7.91. The highest BCUT2D eigenvalue weighted by Gasteiger charge is 2.14. The number of halogens is 2. The molecule has 1 heterocycles. The van der Waals surface area contributed by atoms with E-state index in [1.807, 2.05) is 6.92 Å². The summed E-state index contributed by atoms with van der Waals surface area (Å²) in [6, 6.07) is 1.78. The molecule has 4 N–H and O–H groups in total. The van der Waals surface area contributed by atoms with Gasteiger partial charge in [0, 0.05) is 11.5 Å². The van der Waals surface area contributed by atoms with Crippen LogP contribution in [0.3, 0.4) is 0 Å². The third-order valence-electron chi connectivity index (χ3n) is 3.22. The van der Waals surface area contributed by atoms with E-state index in [9.17, 15) is 13.9 Å². The van der Waals surface area contributed by atoms with Gasteiger partial charge in [-0.05, 0) is 12.5 Å². The van der Waals surface area contributed by atoms with Crippen LogP contribution in [0.15, 0.2) is 12.1 Å². The first-order valence-electron chi connectivity index (χ1n) is 6.84. The Bertz CT molecular complexity index is 636. The molecular formula is C14H18F2N4O. The lowest BCUT2D eigenvalue weighted by atomic mass is 10.1. The third kappa shape index (κ3) is 3.55. The fraction of sp³-hybridized carbons (Fsp3) is 0.429. The first kappa shape index (κ1) is 15.4. The molecule has 114 valence electrons. The maximum absolute atomic E-state index is 13.4. The molecule has 2 aromatic rings. The standard InChI is InChI=1S/C14H18F2N4O/c1-2-3-4-8(7-21)18-13-9-5-10(15)11(16)6-12(9)19-14(17)20-13/h5-6,8,21H,2-4,7H2,1H3,(H3,17,18,19,20). The van der Waals surface area contributed by atoms with Crippen LogP contribution in [0.25, 0.3) is 10.9 Å². The van der Waals surface area contributed by atoms with Crippen molar-refractivity contribution < 1.29 is 13.9 Å². The molecule has 5 nitrogen and oxygen atoms in total. The molecule has 0 saturated heterocycles. The number of aliphatic hydroxyl groups excluding tert-OH is 1. The fourth-order valence-corrected chi connectivity index (χ4v) is 2.10. The van der Waals surface area contributed by atoms with E-state index < -0.39 is 11.6 Å². The van der Waals surface area contributed by atoms with Crippen molar-refractivity contribution in [1.82, 2.24) is 9.97 Å². The van der Waals surface area contributed by atoms with Crippen molar-refractivity contribution in [2.45, 2.75) is 32.2 Å². The summed E-state index contributed by atoms with van der Waals surface area (Å²) in [6.07, 6.45) is 2.66. The molecule has 1 aromatic heterocycles. The summed E-state index contributed by atoms with van der Waals surface area (Å²) < 4.78 is 26.7. The Balaban J connectivity index is 2.40. The predicted octanol–water partition coefficient (Wildman–Crippen LogP) is 2.45. The van der Waals surface area contributed by atoms with E-state index in [4.69, 9.17) is 5.73 Å². The molecule has 21 heavy (non-hydrogen) atoms. The minimum Gasteiger partial charge on any atom is -0.394 e. The number of hydrogen-bond acceptors (Lipinski definition) is 5. The Hall–Kier alpha value is -2.02. The van der Waals surface area contributed by atoms with Crippen LogP contribution in [0.5, 0.6) is 0 Å². The number of anilines is 2. The number of aliphatic hydroxyl groups is 1. The Morgan fingerprint density at radius 1 is 1.29 bits per heavy atom. The van der Waals surface area contributed by atoms with E-state index in [1.54, 1.807) is 0 Å². The Morgan fingerprint density at radius 2 is 2.00 bits per heavy atom. The van der Waals surface area contributed by atoms with Crippen molar-refractivity contribution in [3.8, 4) is 0 Å². The zero-order valence-electron chi connectivity index (χ0n) is 11.7. The molecule has 0 amide bonds. The molecule has 0 fully saturated rings. The van der Waals surface area contributed by atoms with Crippen LogP contribution >= 0.6 is 0 Å². The molecule has 0 radical (unpaired) electrons. The first-order valence-corrected chi connectivity index (χ1v) is 6.84. The zero-order valence-corrected chi connectivity index (χ0v) is 11.7. The van der Waals surface area contributed by atoms with Gasteiger partial charge in [-0.25, -0.2) is 13.8 Å². The quantitative estimate of drug-likeness (QED) is 0.762. The molecule has 1 unspecified atom stereocenters. The fourth-order valence-electron chi connectivity index (χ4n) is 2.10. The highest BCUT2D eigenvalue weighted by molar-refractivity contribution is 5.90. The molecule has 0 aliphatic carbocycles. The smallest absolute Gasteiger partial charge is 0.222 e. The Kier molecular flexibility index (Phi) is 4.85. The van der Waals surface area contributed by atoms with E-state index in [1.165, 1.54) is 0 Å². The van der Waals surface area contributed by atoms with Crippen LogP contribution in [-0.4, -0.2) is 27.7 Å². The van der Waals surface area contributed by atoms with Gasteiger partial charge >= 0.3 is 0 Å². The lowest BCUT2D eigenvalue weighted by molar-refractivity contribution is 0.267. The highest BCUT2D eigenvalue weighted by atomic mass is 19.2. The van der Waals surface area contributed by atoms with Crippen LogP contribution in [-0.2, 0) is 0 Å². The minimum atomic E-state index is -0.990. The maximum Gasteiger partial charge on any atom is 0.222 e. The van der Waals surface area contributed by atoms with Gasteiger partial charge in [0.2, 0.25) is 5.95 Å². The number of benzene rings is 1. The van der Waals surface area contributed by atoms with Crippen molar-refractivity contribution >= 4 is 22.7 Å². The number of rotatable bonds is 6. The van der Waals surface area contributed by atoms with Crippen molar-refractivity contribution in [3.63, 3.8) is 0 Å². The van der Waals surface area contributed by atoms with Gasteiger partial charge < -0.3 is 16.2 Å². The molecule has 2 rings (SSSR count). The normalized spacial score (nSPS) is 12.6. The average molecular weight is 296 g/mol. The number of fused-ring (bicyclic) bond motifs is 1. The summed E-state index contributed by atoms with van der Waals surface area (Å²) >= 11 is 0. The lowest BCUT2D eigenvalue weighted by Crippen LogP contribution is -2.24. The molecule has 0 saturated carbocycles. The van der Waals surface area contributed by atoms with E-state index in [-0.39, 0.29) is 24.1 Å². The Morgan fingerprint density at radius 3 is 2.67 bits per heavy atom. The molecule has 0 aliphatic rings. The number of nitrogen functional groups attached to an aromatic ring is 1. The number of aromatic nitrogens is 2. The monoisotopic (exact) mass is 296 g/mol.